The molecule has 1 aliphatic heterocycles. The van der Waals surface area contributed by atoms with Gasteiger partial charge in [0.1, 0.15) is 5.69 Å². The van der Waals surface area contributed by atoms with Crippen LogP contribution >= 0.6 is 0 Å². The molecule has 2 amide bonds. The van der Waals surface area contributed by atoms with Crippen LogP contribution in [0.15, 0.2) is 36.5 Å². The largest absolute Gasteiger partial charge is 0.333 e. The van der Waals surface area contributed by atoms with E-state index in [4.69, 9.17) is 0 Å². The van der Waals surface area contributed by atoms with Gasteiger partial charge < -0.3 is 9.80 Å². The molecule has 156 valence electrons. The maximum Gasteiger partial charge on any atom is 0.274 e. The first-order valence-corrected chi connectivity index (χ1v) is 10.8. The molecular weight excluding hydrogens is 364 g/mol. The molecule has 1 aromatic carbocycles. The Balaban J connectivity index is 1.89. The Kier molecular flexibility index (Phi) is 7.44. The van der Waals surface area contributed by atoms with E-state index in [-0.39, 0.29) is 11.8 Å². The van der Waals surface area contributed by atoms with E-state index in [2.05, 4.69) is 12.0 Å². The van der Waals surface area contributed by atoms with Crippen LogP contribution in [0.25, 0.3) is 0 Å². The Bertz CT molecular complexity index is 830. The average Bonchev–Trinajstić information content (AvgIpc) is 3.16. The summed E-state index contributed by atoms with van der Waals surface area (Å²) in [6.45, 7) is 6.43. The fraction of sp³-hybridized carbons (Fsp3) is 0.522. The summed E-state index contributed by atoms with van der Waals surface area (Å²) in [6.07, 6.45) is 8.16. The van der Waals surface area contributed by atoms with Gasteiger partial charge in [0.25, 0.3) is 5.91 Å². The highest BCUT2D eigenvalue weighted by Gasteiger charge is 2.22. The maximum atomic E-state index is 13.2. The lowest BCUT2D eigenvalue weighted by atomic mass is 10.1. The lowest BCUT2D eigenvalue weighted by Crippen LogP contribution is -2.35. The van der Waals surface area contributed by atoms with E-state index in [0.29, 0.717) is 18.8 Å². The van der Waals surface area contributed by atoms with Crippen molar-refractivity contribution in [2.24, 2.45) is 0 Å². The van der Waals surface area contributed by atoms with Crippen molar-refractivity contribution >= 4 is 17.5 Å². The van der Waals surface area contributed by atoms with Gasteiger partial charge in [0, 0.05) is 45.0 Å². The number of fused-ring (bicyclic) bond motifs is 1. The number of aryl methyl sites for hydroxylation is 1. The molecule has 0 unspecified atom stereocenters. The van der Waals surface area contributed by atoms with Gasteiger partial charge in [-0.25, -0.2) is 0 Å². The van der Waals surface area contributed by atoms with Crippen LogP contribution in [0.5, 0.6) is 0 Å². The second kappa shape index (κ2) is 10.2. The fourth-order valence-corrected chi connectivity index (χ4v) is 3.91. The summed E-state index contributed by atoms with van der Waals surface area (Å²) in [5.41, 5.74) is 2.41. The summed E-state index contributed by atoms with van der Waals surface area (Å²) >= 11 is 0. The van der Waals surface area contributed by atoms with Crippen molar-refractivity contribution in [2.45, 2.75) is 65.5 Å². The van der Waals surface area contributed by atoms with Crippen LogP contribution in [0.2, 0.25) is 0 Å². The predicted octanol–water partition coefficient (Wildman–Crippen LogP) is 4.25. The molecule has 6 heteroatoms. The van der Waals surface area contributed by atoms with Crippen molar-refractivity contribution in [3.63, 3.8) is 0 Å². The van der Waals surface area contributed by atoms with Crippen molar-refractivity contribution in [1.29, 1.82) is 0 Å². The normalized spacial score (nSPS) is 15.9. The summed E-state index contributed by atoms with van der Waals surface area (Å²) in [5.74, 6) is 0.00628. The minimum absolute atomic E-state index is 0.0407. The molecule has 1 aromatic heterocycles. The predicted molar refractivity (Wildman–Crippen MR) is 115 cm³/mol. The summed E-state index contributed by atoms with van der Waals surface area (Å²) < 4.78 is 1.83. The lowest BCUT2D eigenvalue weighted by molar-refractivity contribution is -0.116. The van der Waals surface area contributed by atoms with E-state index >= 15 is 0 Å². The van der Waals surface area contributed by atoms with Crippen molar-refractivity contribution in [3.05, 3.63) is 47.8 Å². The lowest BCUT2D eigenvalue weighted by Gasteiger charge is -2.28. The molecule has 0 saturated heterocycles. The third-order valence-electron chi connectivity index (χ3n) is 5.43. The quantitative estimate of drug-likeness (QED) is 0.779. The Morgan fingerprint density at radius 1 is 1.00 bits per heavy atom. The fourth-order valence-electron chi connectivity index (χ4n) is 3.91. The number of hydrogen-bond acceptors (Lipinski definition) is 3. The number of carbonyl (C=O) groups is 2. The molecule has 0 radical (unpaired) electrons. The number of nitrogens with zero attached hydrogens (tertiary/aromatic N) is 4. The summed E-state index contributed by atoms with van der Waals surface area (Å²) in [4.78, 5) is 29.3. The monoisotopic (exact) mass is 396 g/mol. The summed E-state index contributed by atoms with van der Waals surface area (Å²) in [7, 11) is 0. The van der Waals surface area contributed by atoms with E-state index in [1.807, 2.05) is 51.0 Å². The third-order valence-corrected chi connectivity index (χ3v) is 5.43. The highest BCUT2D eigenvalue weighted by atomic mass is 16.2. The topological polar surface area (TPSA) is 58.4 Å². The van der Waals surface area contributed by atoms with E-state index in [0.717, 1.165) is 62.9 Å². The standard InChI is InChI=1S/C23H32N4O2/c1-3-14-26-17-13-21(24-26)23(29)25-15-9-5-4-6-10-16-27(19(2)28)22-12-8-7-11-20(22)18-25/h7-8,11-13,17H,3-6,9-10,14-16,18H2,1-2H3. The number of benzene rings is 1. The first kappa shape index (κ1) is 21.1. The van der Waals surface area contributed by atoms with E-state index in [1.165, 1.54) is 0 Å². The van der Waals surface area contributed by atoms with Crippen molar-refractivity contribution in [3.8, 4) is 0 Å². The summed E-state index contributed by atoms with van der Waals surface area (Å²) in [6, 6.07) is 9.75. The molecule has 0 bridgehead atoms. The van der Waals surface area contributed by atoms with Gasteiger partial charge >= 0.3 is 0 Å². The zero-order valence-corrected chi connectivity index (χ0v) is 17.6. The van der Waals surface area contributed by atoms with Crippen LogP contribution in [-0.4, -0.2) is 39.6 Å². The van der Waals surface area contributed by atoms with Gasteiger partial charge in [0.05, 0.1) is 0 Å². The number of aromatic nitrogens is 2. The molecule has 0 atom stereocenters. The molecule has 0 spiro atoms. The van der Waals surface area contributed by atoms with Crippen molar-refractivity contribution in [1.82, 2.24) is 14.7 Å². The van der Waals surface area contributed by atoms with Crippen LogP contribution in [0.3, 0.4) is 0 Å². The van der Waals surface area contributed by atoms with Gasteiger partial charge in [-0.3, -0.25) is 14.3 Å². The second-order valence-electron chi connectivity index (χ2n) is 7.76. The molecule has 6 nitrogen and oxygen atoms in total. The van der Waals surface area contributed by atoms with Crippen LogP contribution in [-0.2, 0) is 17.9 Å². The first-order valence-electron chi connectivity index (χ1n) is 10.8. The number of carbonyl (C=O) groups excluding carboxylic acids is 2. The molecule has 0 saturated carbocycles. The van der Waals surface area contributed by atoms with Gasteiger partial charge in [-0.05, 0) is 37.0 Å². The average molecular weight is 397 g/mol. The van der Waals surface area contributed by atoms with E-state index in [9.17, 15) is 9.59 Å². The molecule has 1 aliphatic rings. The molecular formula is C23H32N4O2. The second-order valence-corrected chi connectivity index (χ2v) is 7.76. The number of hydrogen-bond donors (Lipinski definition) is 0. The van der Waals surface area contributed by atoms with Crippen molar-refractivity contribution < 1.29 is 9.59 Å². The highest BCUT2D eigenvalue weighted by molar-refractivity contribution is 5.93. The molecule has 0 N–H and O–H groups in total. The molecule has 0 fully saturated rings. The molecule has 29 heavy (non-hydrogen) atoms. The molecule has 2 aromatic rings. The third kappa shape index (κ3) is 5.46. The smallest absolute Gasteiger partial charge is 0.274 e. The minimum atomic E-state index is -0.0407. The van der Waals surface area contributed by atoms with Crippen LogP contribution in [0, 0.1) is 0 Å². The Labute approximate surface area is 173 Å². The van der Waals surface area contributed by atoms with Crippen LogP contribution < -0.4 is 4.90 Å². The number of rotatable bonds is 3. The van der Waals surface area contributed by atoms with Crippen LogP contribution in [0.4, 0.5) is 5.69 Å². The number of anilines is 1. The Morgan fingerprint density at radius 3 is 2.48 bits per heavy atom. The molecule has 0 aliphatic carbocycles. The van der Waals surface area contributed by atoms with Gasteiger partial charge in [-0.15, -0.1) is 0 Å². The maximum absolute atomic E-state index is 13.2. The Hall–Kier alpha value is -2.63. The van der Waals surface area contributed by atoms with E-state index in [1.54, 1.807) is 6.92 Å². The zero-order chi connectivity index (χ0) is 20.6. The number of para-hydroxylation sites is 1. The van der Waals surface area contributed by atoms with Gasteiger partial charge in [0.15, 0.2) is 0 Å². The molecule has 2 heterocycles. The molecule has 3 rings (SSSR count). The van der Waals surface area contributed by atoms with Gasteiger partial charge in [-0.2, -0.15) is 5.10 Å². The summed E-state index contributed by atoms with van der Waals surface area (Å²) in [5, 5.41) is 4.46. The minimum Gasteiger partial charge on any atom is -0.333 e. The van der Waals surface area contributed by atoms with Crippen molar-refractivity contribution in [2.75, 3.05) is 18.0 Å². The van der Waals surface area contributed by atoms with Gasteiger partial charge in [0.2, 0.25) is 5.91 Å². The first-order chi connectivity index (χ1) is 14.1. The Morgan fingerprint density at radius 2 is 1.72 bits per heavy atom. The van der Waals surface area contributed by atoms with Gasteiger partial charge in [-0.1, -0.05) is 44.4 Å². The zero-order valence-electron chi connectivity index (χ0n) is 17.6. The number of amides is 2. The SMILES string of the molecule is CCCn1ccc(C(=O)N2CCCCCCCN(C(C)=O)c3ccccc3C2)n1. The van der Waals surface area contributed by atoms with Crippen LogP contribution in [0.1, 0.15) is 68.4 Å². The van der Waals surface area contributed by atoms with E-state index < -0.39 is 0 Å². The highest BCUT2D eigenvalue weighted by Crippen LogP contribution is 2.25.